The molecule has 9 heteroatoms. The molecule has 1 saturated carbocycles. The molecule has 0 bridgehead atoms. The number of ether oxygens (including phenoxy) is 1. The first kappa shape index (κ1) is 31.0. The number of hydrogen-bond donors (Lipinski definition) is 1. The fourth-order valence-corrected chi connectivity index (χ4v) is 6.66. The van der Waals surface area contributed by atoms with Gasteiger partial charge < -0.3 is 10.1 Å². The van der Waals surface area contributed by atoms with Crippen LogP contribution in [0.5, 0.6) is 0 Å². The third-order valence-electron chi connectivity index (χ3n) is 9.28. The molecular formula is C36H45N7O2. The smallest absolute Gasteiger partial charge is 0.223 e. The van der Waals surface area contributed by atoms with Crippen molar-refractivity contribution < 1.29 is 9.53 Å². The van der Waals surface area contributed by atoms with E-state index in [1.165, 1.54) is 11.1 Å². The summed E-state index contributed by atoms with van der Waals surface area (Å²) in [4.78, 5) is 33.2. The van der Waals surface area contributed by atoms with Gasteiger partial charge in [-0.3, -0.25) is 19.4 Å². The first-order valence-corrected chi connectivity index (χ1v) is 16.3. The zero-order chi connectivity index (χ0) is 31.4. The van der Waals surface area contributed by atoms with Crippen molar-refractivity contribution in [2.45, 2.75) is 83.1 Å². The van der Waals surface area contributed by atoms with Gasteiger partial charge in [0, 0.05) is 49.6 Å². The van der Waals surface area contributed by atoms with Crippen LogP contribution in [0.25, 0.3) is 11.3 Å². The Labute approximate surface area is 266 Å². The highest BCUT2D eigenvalue weighted by atomic mass is 16.5. The lowest BCUT2D eigenvalue weighted by molar-refractivity contribution is -0.122. The highest BCUT2D eigenvalue weighted by molar-refractivity contribution is 5.86. The lowest BCUT2D eigenvalue weighted by Gasteiger charge is -2.33. The molecule has 6 rings (SSSR count). The van der Waals surface area contributed by atoms with Crippen molar-refractivity contribution in [3.63, 3.8) is 0 Å². The quantitative estimate of drug-likeness (QED) is 0.218. The number of hydrogen-bond acceptors (Lipinski definition) is 8. The van der Waals surface area contributed by atoms with E-state index < -0.39 is 0 Å². The van der Waals surface area contributed by atoms with Crippen molar-refractivity contribution in [3.8, 4) is 11.3 Å². The number of rotatable bonds is 11. The molecule has 9 nitrogen and oxygen atoms in total. The standard InChI is InChI=1S/C36H45N7O2/c1-36(2,3)29-18-39-35(42-30(29)16-25-22-45-23-25)41-28-13-11-26(12-14-28)34(33(44)15-10-24-8-6-5-7-9-24)32-20-37-31(19-38-32)27-17-40-43(4)21-27/h5-9,17-21,25-26,28,34H,10-16,22-23H2,1-4H3,(H,39,41,42). The van der Waals surface area contributed by atoms with Gasteiger partial charge in [-0.2, -0.15) is 5.10 Å². The maximum Gasteiger partial charge on any atom is 0.223 e. The van der Waals surface area contributed by atoms with E-state index in [1.807, 2.05) is 37.6 Å². The Bertz CT molecular complexity index is 1570. The third-order valence-corrected chi connectivity index (χ3v) is 9.28. The summed E-state index contributed by atoms with van der Waals surface area (Å²) in [5.74, 6) is 1.41. The Morgan fingerprint density at radius 1 is 1.00 bits per heavy atom. The van der Waals surface area contributed by atoms with Gasteiger partial charge in [0.25, 0.3) is 0 Å². The number of carbonyl (C=O) groups excluding carboxylic acids is 1. The molecule has 0 spiro atoms. The molecule has 1 aliphatic heterocycles. The van der Waals surface area contributed by atoms with Gasteiger partial charge in [-0.15, -0.1) is 0 Å². The minimum absolute atomic E-state index is 0.0162. The molecule has 45 heavy (non-hydrogen) atoms. The normalized spacial score (nSPS) is 19.6. The summed E-state index contributed by atoms with van der Waals surface area (Å²) < 4.78 is 7.18. The van der Waals surface area contributed by atoms with E-state index in [0.717, 1.165) is 74.4 Å². The Kier molecular flexibility index (Phi) is 9.35. The number of nitrogens with zero attached hydrogens (tertiary/aromatic N) is 6. The Morgan fingerprint density at radius 2 is 1.78 bits per heavy atom. The first-order chi connectivity index (χ1) is 21.7. The summed E-state index contributed by atoms with van der Waals surface area (Å²) in [7, 11) is 1.88. The second-order valence-electron chi connectivity index (χ2n) is 13.8. The summed E-state index contributed by atoms with van der Waals surface area (Å²) in [6, 6.07) is 10.5. The zero-order valence-corrected chi connectivity index (χ0v) is 26.9. The van der Waals surface area contributed by atoms with Crippen LogP contribution in [0.3, 0.4) is 0 Å². The summed E-state index contributed by atoms with van der Waals surface area (Å²) in [5.41, 5.74) is 5.93. The molecule has 1 saturated heterocycles. The van der Waals surface area contributed by atoms with Gasteiger partial charge in [0.1, 0.15) is 5.78 Å². The van der Waals surface area contributed by atoms with Crippen LogP contribution in [0.2, 0.25) is 0 Å². The summed E-state index contributed by atoms with van der Waals surface area (Å²) in [5, 5.41) is 7.89. The molecule has 0 amide bonds. The molecule has 1 unspecified atom stereocenters. The van der Waals surface area contributed by atoms with Gasteiger partial charge in [-0.05, 0) is 61.0 Å². The summed E-state index contributed by atoms with van der Waals surface area (Å²) in [6.45, 7) is 8.27. The maximum atomic E-state index is 13.9. The molecule has 2 aliphatic rings. The minimum Gasteiger partial charge on any atom is -0.381 e. The third kappa shape index (κ3) is 7.64. The molecule has 1 aromatic carbocycles. The highest BCUT2D eigenvalue weighted by Gasteiger charge is 2.34. The number of benzene rings is 1. The van der Waals surface area contributed by atoms with Crippen LogP contribution in [0, 0.1) is 11.8 Å². The number of Topliss-reactive ketones (excluding diaryl/α,β-unsaturated/α-hetero) is 1. The monoisotopic (exact) mass is 607 g/mol. The number of anilines is 1. The topological polar surface area (TPSA) is 108 Å². The number of carbonyl (C=O) groups is 1. The zero-order valence-electron chi connectivity index (χ0n) is 26.9. The molecule has 0 radical (unpaired) electrons. The van der Waals surface area contributed by atoms with Crippen molar-refractivity contribution in [3.05, 3.63) is 83.8 Å². The van der Waals surface area contributed by atoms with Crippen LogP contribution in [0.1, 0.15) is 81.3 Å². The van der Waals surface area contributed by atoms with Gasteiger partial charge in [0.15, 0.2) is 0 Å². The van der Waals surface area contributed by atoms with E-state index in [-0.39, 0.29) is 29.1 Å². The molecule has 1 N–H and O–H groups in total. The molecule has 236 valence electrons. The SMILES string of the molecule is Cn1cc(-c2cnc(C(C(=O)CCc3ccccc3)C3CCC(Nc4ncc(C(C)(C)C)c(CC5COC5)n4)CC3)cn2)cn1. The summed E-state index contributed by atoms with van der Waals surface area (Å²) >= 11 is 0. The fourth-order valence-electron chi connectivity index (χ4n) is 6.66. The Morgan fingerprint density at radius 3 is 2.40 bits per heavy atom. The Hall–Kier alpha value is -3.98. The van der Waals surface area contributed by atoms with Crippen molar-refractivity contribution in [2.24, 2.45) is 18.9 Å². The molecule has 4 aromatic rings. The average Bonchev–Trinajstić information content (AvgIpc) is 3.45. The van der Waals surface area contributed by atoms with E-state index in [1.54, 1.807) is 23.3 Å². The van der Waals surface area contributed by atoms with Crippen LogP contribution >= 0.6 is 0 Å². The maximum absolute atomic E-state index is 13.9. The molecule has 1 atom stereocenters. The molecule has 3 aromatic heterocycles. The van der Waals surface area contributed by atoms with Crippen LogP contribution in [0.15, 0.2) is 61.3 Å². The minimum atomic E-state index is -0.274. The van der Waals surface area contributed by atoms with Gasteiger partial charge in [-0.25, -0.2) is 9.97 Å². The lowest BCUT2D eigenvalue weighted by atomic mass is 9.74. The molecule has 2 fully saturated rings. The van der Waals surface area contributed by atoms with E-state index in [2.05, 4.69) is 43.3 Å². The predicted octanol–water partition coefficient (Wildman–Crippen LogP) is 6.11. The number of ketones is 1. The largest absolute Gasteiger partial charge is 0.381 e. The van der Waals surface area contributed by atoms with E-state index in [4.69, 9.17) is 24.7 Å². The van der Waals surface area contributed by atoms with Crippen LogP contribution in [-0.4, -0.2) is 54.8 Å². The van der Waals surface area contributed by atoms with Crippen molar-refractivity contribution in [2.75, 3.05) is 18.5 Å². The number of aromatic nitrogens is 6. The first-order valence-electron chi connectivity index (χ1n) is 16.3. The number of nitrogens with one attached hydrogen (secondary N) is 1. The van der Waals surface area contributed by atoms with E-state index in [0.29, 0.717) is 18.3 Å². The predicted molar refractivity (Wildman–Crippen MR) is 175 cm³/mol. The second-order valence-corrected chi connectivity index (χ2v) is 13.8. The van der Waals surface area contributed by atoms with Crippen molar-refractivity contribution in [1.82, 2.24) is 29.7 Å². The lowest BCUT2D eigenvalue weighted by Crippen LogP contribution is -2.33. The van der Waals surface area contributed by atoms with E-state index >= 15 is 0 Å². The molecule has 1 aliphatic carbocycles. The van der Waals surface area contributed by atoms with E-state index in [9.17, 15) is 4.79 Å². The van der Waals surface area contributed by atoms with Gasteiger partial charge >= 0.3 is 0 Å². The highest BCUT2D eigenvalue weighted by Crippen LogP contribution is 2.38. The fraction of sp³-hybridized carbons (Fsp3) is 0.500. The second kappa shape index (κ2) is 13.6. The summed E-state index contributed by atoms with van der Waals surface area (Å²) in [6.07, 6.45) is 15.2. The number of aryl methyl sites for hydroxylation is 2. The Balaban J connectivity index is 1.15. The van der Waals surface area contributed by atoms with Crippen molar-refractivity contribution in [1.29, 1.82) is 0 Å². The average molecular weight is 608 g/mol. The van der Waals surface area contributed by atoms with Crippen LogP contribution in [-0.2, 0) is 34.8 Å². The molecular weight excluding hydrogens is 562 g/mol. The van der Waals surface area contributed by atoms with Crippen LogP contribution < -0.4 is 5.32 Å². The van der Waals surface area contributed by atoms with Gasteiger partial charge in [-0.1, -0.05) is 51.1 Å². The van der Waals surface area contributed by atoms with Gasteiger partial charge in [0.05, 0.1) is 48.6 Å². The van der Waals surface area contributed by atoms with Crippen molar-refractivity contribution >= 4 is 11.7 Å². The molecule has 4 heterocycles. The van der Waals surface area contributed by atoms with Gasteiger partial charge in [0.2, 0.25) is 5.95 Å². The van der Waals surface area contributed by atoms with Crippen LogP contribution in [0.4, 0.5) is 5.95 Å².